The molecule has 4 rings (SSSR count). The van der Waals surface area contributed by atoms with Crippen LogP contribution >= 0.6 is 0 Å². The van der Waals surface area contributed by atoms with Gasteiger partial charge in [0.25, 0.3) is 0 Å². The molecule has 4 nitrogen and oxygen atoms in total. The predicted molar refractivity (Wildman–Crippen MR) is 126 cm³/mol. The van der Waals surface area contributed by atoms with Crippen LogP contribution in [0.5, 0.6) is 11.5 Å². The Morgan fingerprint density at radius 3 is 2.15 bits per heavy atom. The van der Waals surface area contributed by atoms with E-state index in [9.17, 15) is 13.2 Å². The SMILES string of the molecule is COc1ccc(OC(F)(F)F)cc1CC1CCCN(N)C1C(c1ccccc1)c1ccccc1. The number of nitrogens with two attached hydrogens (primary N) is 1. The minimum atomic E-state index is -4.75. The van der Waals surface area contributed by atoms with Gasteiger partial charge in [0, 0.05) is 18.5 Å². The zero-order valence-electron chi connectivity index (χ0n) is 19.0. The van der Waals surface area contributed by atoms with Crippen LogP contribution in [0.25, 0.3) is 0 Å². The second-order valence-corrected chi connectivity index (χ2v) is 8.66. The summed E-state index contributed by atoms with van der Waals surface area (Å²) in [6.45, 7) is 0.756. The van der Waals surface area contributed by atoms with Crippen LogP contribution in [0, 0.1) is 5.92 Å². The fraction of sp³-hybridized carbons (Fsp3) is 0.333. The van der Waals surface area contributed by atoms with Crippen molar-refractivity contribution in [3.8, 4) is 11.5 Å². The molecule has 1 aliphatic rings. The third-order valence-electron chi connectivity index (χ3n) is 6.48. The topological polar surface area (TPSA) is 47.7 Å². The number of methoxy groups -OCH3 is 1. The van der Waals surface area contributed by atoms with Crippen LogP contribution < -0.4 is 15.3 Å². The molecule has 0 amide bonds. The molecule has 34 heavy (non-hydrogen) atoms. The van der Waals surface area contributed by atoms with E-state index in [0.717, 1.165) is 30.5 Å². The van der Waals surface area contributed by atoms with Crippen LogP contribution in [0.15, 0.2) is 78.9 Å². The van der Waals surface area contributed by atoms with Gasteiger partial charge in [0.05, 0.1) is 7.11 Å². The van der Waals surface area contributed by atoms with Crippen molar-refractivity contribution in [1.29, 1.82) is 0 Å². The first-order chi connectivity index (χ1) is 16.4. The summed E-state index contributed by atoms with van der Waals surface area (Å²) in [5.41, 5.74) is 2.98. The minimum Gasteiger partial charge on any atom is -0.496 e. The highest BCUT2D eigenvalue weighted by Gasteiger charge is 2.38. The van der Waals surface area contributed by atoms with Crippen LogP contribution in [-0.2, 0) is 6.42 Å². The average molecular weight is 471 g/mol. The van der Waals surface area contributed by atoms with Crippen molar-refractivity contribution in [2.45, 2.75) is 37.6 Å². The summed E-state index contributed by atoms with van der Waals surface area (Å²) < 4.78 is 48.2. The maximum atomic E-state index is 12.8. The molecule has 7 heteroatoms. The zero-order chi connectivity index (χ0) is 24.1. The molecule has 1 saturated heterocycles. The van der Waals surface area contributed by atoms with Gasteiger partial charge >= 0.3 is 6.36 Å². The maximum absolute atomic E-state index is 12.8. The lowest BCUT2D eigenvalue weighted by Gasteiger charge is -2.44. The molecule has 0 radical (unpaired) electrons. The number of piperidine rings is 1. The highest BCUT2D eigenvalue weighted by atomic mass is 19.4. The van der Waals surface area contributed by atoms with Crippen LogP contribution in [0.4, 0.5) is 13.2 Å². The molecule has 3 aromatic rings. The molecule has 2 atom stereocenters. The molecule has 2 unspecified atom stereocenters. The van der Waals surface area contributed by atoms with Gasteiger partial charge in [0.1, 0.15) is 11.5 Å². The Morgan fingerprint density at radius 2 is 1.59 bits per heavy atom. The first-order valence-electron chi connectivity index (χ1n) is 11.4. The Bertz CT molecular complexity index is 1020. The number of hydrogen-bond donors (Lipinski definition) is 1. The van der Waals surface area contributed by atoms with Gasteiger partial charge in [-0.05, 0) is 60.1 Å². The van der Waals surface area contributed by atoms with Crippen molar-refractivity contribution in [1.82, 2.24) is 5.01 Å². The highest BCUT2D eigenvalue weighted by Crippen LogP contribution is 2.40. The Balaban J connectivity index is 1.72. The lowest BCUT2D eigenvalue weighted by Crippen LogP contribution is -2.53. The molecule has 0 saturated carbocycles. The van der Waals surface area contributed by atoms with Crippen molar-refractivity contribution >= 4 is 0 Å². The quantitative estimate of drug-likeness (QED) is 0.435. The molecular formula is C27H29F3N2O2. The number of rotatable bonds is 7. The van der Waals surface area contributed by atoms with Crippen LogP contribution in [0.3, 0.4) is 0 Å². The van der Waals surface area contributed by atoms with Gasteiger partial charge in [-0.3, -0.25) is 5.84 Å². The number of hydrazine groups is 1. The maximum Gasteiger partial charge on any atom is 0.573 e. The molecule has 0 aromatic heterocycles. The lowest BCUT2D eigenvalue weighted by molar-refractivity contribution is -0.274. The number of alkyl halides is 3. The zero-order valence-corrected chi connectivity index (χ0v) is 19.0. The first-order valence-corrected chi connectivity index (χ1v) is 11.4. The first kappa shape index (κ1) is 24.1. The van der Waals surface area contributed by atoms with Gasteiger partial charge in [-0.1, -0.05) is 60.7 Å². The van der Waals surface area contributed by atoms with Gasteiger partial charge in [0.15, 0.2) is 0 Å². The number of nitrogens with zero attached hydrogens (tertiary/aromatic N) is 1. The molecule has 1 aliphatic heterocycles. The van der Waals surface area contributed by atoms with E-state index in [1.54, 1.807) is 0 Å². The number of ether oxygens (including phenoxy) is 2. The molecule has 0 spiro atoms. The van der Waals surface area contributed by atoms with Crippen molar-refractivity contribution < 1.29 is 22.6 Å². The Labute approximate surface area is 198 Å². The smallest absolute Gasteiger partial charge is 0.496 e. The molecule has 180 valence electrons. The van der Waals surface area contributed by atoms with E-state index in [1.165, 1.54) is 25.3 Å². The molecule has 3 aromatic carbocycles. The number of benzene rings is 3. The second-order valence-electron chi connectivity index (χ2n) is 8.66. The highest BCUT2D eigenvalue weighted by molar-refractivity contribution is 5.41. The van der Waals surface area contributed by atoms with E-state index in [1.807, 2.05) is 41.4 Å². The monoisotopic (exact) mass is 470 g/mol. The summed E-state index contributed by atoms with van der Waals surface area (Å²) in [6, 6.07) is 24.7. The van der Waals surface area contributed by atoms with Crippen molar-refractivity contribution in [2.75, 3.05) is 13.7 Å². The van der Waals surface area contributed by atoms with E-state index in [-0.39, 0.29) is 23.6 Å². The lowest BCUT2D eigenvalue weighted by atomic mass is 9.73. The molecule has 2 N–H and O–H groups in total. The Morgan fingerprint density at radius 1 is 0.971 bits per heavy atom. The Kier molecular flexibility index (Phi) is 7.44. The summed E-state index contributed by atoms with van der Waals surface area (Å²) >= 11 is 0. The van der Waals surface area contributed by atoms with E-state index in [2.05, 4.69) is 29.0 Å². The summed E-state index contributed by atoms with van der Waals surface area (Å²) in [5, 5.41) is 1.90. The molecular weight excluding hydrogens is 441 g/mol. The van der Waals surface area contributed by atoms with E-state index < -0.39 is 6.36 Å². The van der Waals surface area contributed by atoms with Crippen molar-refractivity contribution in [3.05, 3.63) is 95.6 Å². The summed E-state index contributed by atoms with van der Waals surface area (Å²) in [6.07, 6.45) is -2.41. The van der Waals surface area contributed by atoms with Gasteiger partial charge in [0.2, 0.25) is 0 Å². The fourth-order valence-corrected chi connectivity index (χ4v) is 5.11. The molecule has 1 heterocycles. The summed E-state index contributed by atoms with van der Waals surface area (Å²) in [7, 11) is 1.52. The van der Waals surface area contributed by atoms with Crippen molar-refractivity contribution in [2.24, 2.45) is 11.8 Å². The molecule has 1 fully saturated rings. The third-order valence-corrected chi connectivity index (χ3v) is 6.48. The second kappa shape index (κ2) is 10.5. The fourth-order valence-electron chi connectivity index (χ4n) is 5.11. The van der Waals surface area contributed by atoms with E-state index >= 15 is 0 Å². The normalized spacial score (nSPS) is 19.2. The molecule has 0 bridgehead atoms. The van der Waals surface area contributed by atoms with Crippen LogP contribution in [0.1, 0.15) is 35.4 Å². The van der Waals surface area contributed by atoms with Crippen LogP contribution in [-0.4, -0.2) is 31.1 Å². The summed E-state index contributed by atoms with van der Waals surface area (Å²) in [4.78, 5) is 0. The minimum absolute atomic E-state index is 0.0123. The van der Waals surface area contributed by atoms with Gasteiger partial charge in [-0.25, -0.2) is 5.01 Å². The average Bonchev–Trinajstić information content (AvgIpc) is 2.82. The Hall–Kier alpha value is -3.03. The predicted octanol–water partition coefficient (Wildman–Crippen LogP) is 5.92. The number of hydrogen-bond acceptors (Lipinski definition) is 4. The van der Waals surface area contributed by atoms with Gasteiger partial charge in [-0.2, -0.15) is 0 Å². The standard InChI is InChI=1S/C27H29F3N2O2/c1-33-24-15-14-23(34-27(28,29)30)18-22(24)17-21-13-8-16-32(31)26(21)25(19-9-4-2-5-10-19)20-11-6-3-7-12-20/h2-7,9-12,14-15,18,21,25-26H,8,13,16-17,31H2,1H3. The largest absolute Gasteiger partial charge is 0.573 e. The molecule has 0 aliphatic carbocycles. The van der Waals surface area contributed by atoms with Gasteiger partial charge < -0.3 is 9.47 Å². The van der Waals surface area contributed by atoms with E-state index in [0.29, 0.717) is 17.7 Å². The van der Waals surface area contributed by atoms with Crippen LogP contribution in [0.2, 0.25) is 0 Å². The summed E-state index contributed by atoms with van der Waals surface area (Å²) in [5.74, 6) is 7.01. The van der Waals surface area contributed by atoms with Gasteiger partial charge in [-0.15, -0.1) is 13.2 Å². The van der Waals surface area contributed by atoms with E-state index in [4.69, 9.17) is 10.6 Å². The van der Waals surface area contributed by atoms with Crippen molar-refractivity contribution in [3.63, 3.8) is 0 Å². The number of halogens is 3. The third kappa shape index (κ3) is 5.72.